The van der Waals surface area contributed by atoms with Crippen LogP contribution in [0, 0.1) is 11.8 Å². The Morgan fingerprint density at radius 1 is 1.36 bits per heavy atom. The van der Waals surface area contributed by atoms with Crippen LogP contribution in [0.1, 0.15) is 25.8 Å². The first-order valence-electron chi connectivity index (χ1n) is 7.85. The predicted octanol–water partition coefficient (Wildman–Crippen LogP) is 2.17. The zero-order valence-electron chi connectivity index (χ0n) is 13.0. The first-order valence-corrected chi connectivity index (χ1v) is 7.85. The van der Waals surface area contributed by atoms with Crippen molar-refractivity contribution >= 4 is 12.0 Å². The quantitative estimate of drug-likeness (QED) is 0.931. The maximum absolute atomic E-state index is 12.4. The molecule has 22 heavy (non-hydrogen) atoms. The molecule has 2 aliphatic rings. The van der Waals surface area contributed by atoms with E-state index in [0.717, 1.165) is 12.0 Å². The second-order valence-corrected chi connectivity index (χ2v) is 6.40. The van der Waals surface area contributed by atoms with Gasteiger partial charge in [0.25, 0.3) is 0 Å². The first kappa shape index (κ1) is 14.9. The fourth-order valence-electron chi connectivity index (χ4n) is 3.56. The molecule has 1 aromatic carbocycles. The minimum absolute atomic E-state index is 0.0607. The molecule has 0 spiro atoms. The van der Waals surface area contributed by atoms with Crippen LogP contribution in [0.25, 0.3) is 0 Å². The van der Waals surface area contributed by atoms with Crippen LogP contribution in [0.4, 0.5) is 4.79 Å². The summed E-state index contributed by atoms with van der Waals surface area (Å²) in [6.45, 7) is 4.96. The third-order valence-electron chi connectivity index (χ3n) is 4.61. The van der Waals surface area contributed by atoms with Crippen molar-refractivity contribution in [1.29, 1.82) is 0 Å². The van der Waals surface area contributed by atoms with Gasteiger partial charge in [-0.05, 0) is 17.9 Å². The van der Waals surface area contributed by atoms with Gasteiger partial charge in [0, 0.05) is 6.54 Å². The average molecular weight is 302 g/mol. The van der Waals surface area contributed by atoms with Crippen molar-refractivity contribution in [1.82, 2.24) is 10.2 Å². The fraction of sp³-hybridized carbons (Fsp3) is 0.529. The molecule has 0 radical (unpaired) electrons. The smallest absolute Gasteiger partial charge is 0.410 e. The van der Waals surface area contributed by atoms with Gasteiger partial charge in [0.1, 0.15) is 6.61 Å². The van der Waals surface area contributed by atoms with Gasteiger partial charge in [-0.1, -0.05) is 44.2 Å². The van der Waals surface area contributed by atoms with E-state index in [0.29, 0.717) is 6.54 Å². The summed E-state index contributed by atoms with van der Waals surface area (Å²) in [6.07, 6.45) is 0.485. The molecule has 5 heteroatoms. The Kier molecular flexibility index (Phi) is 4.05. The lowest BCUT2D eigenvalue weighted by atomic mass is 9.88. The molecular weight excluding hydrogens is 280 g/mol. The number of ether oxygens (including phenoxy) is 1. The van der Waals surface area contributed by atoms with Crippen molar-refractivity contribution in [3.05, 3.63) is 35.9 Å². The van der Waals surface area contributed by atoms with Gasteiger partial charge in [-0.2, -0.15) is 0 Å². The van der Waals surface area contributed by atoms with E-state index >= 15 is 0 Å². The van der Waals surface area contributed by atoms with Crippen LogP contribution in [-0.2, 0) is 16.1 Å². The van der Waals surface area contributed by atoms with Gasteiger partial charge in [-0.25, -0.2) is 4.79 Å². The van der Waals surface area contributed by atoms with Crippen LogP contribution in [-0.4, -0.2) is 35.5 Å². The largest absolute Gasteiger partial charge is 0.445 e. The SMILES string of the molecule is CC(C)[C@@H]1C(=O)N[C@H]2CCN(C(=O)OCc3ccccc3)[C@@H]21. The lowest BCUT2D eigenvalue weighted by Crippen LogP contribution is -2.44. The van der Waals surface area contributed by atoms with E-state index in [1.165, 1.54) is 0 Å². The highest BCUT2D eigenvalue weighted by molar-refractivity contribution is 5.84. The molecule has 2 heterocycles. The normalized spacial score (nSPS) is 27.0. The van der Waals surface area contributed by atoms with Gasteiger partial charge in [0.15, 0.2) is 0 Å². The Labute approximate surface area is 130 Å². The molecule has 2 fully saturated rings. The fourth-order valence-corrected chi connectivity index (χ4v) is 3.56. The first-order chi connectivity index (χ1) is 10.6. The van der Waals surface area contributed by atoms with Crippen molar-refractivity contribution in [2.24, 2.45) is 11.8 Å². The summed E-state index contributed by atoms with van der Waals surface area (Å²) in [5.74, 6) is 0.125. The summed E-state index contributed by atoms with van der Waals surface area (Å²) in [5, 5.41) is 3.02. The lowest BCUT2D eigenvalue weighted by molar-refractivity contribution is -0.124. The predicted molar refractivity (Wildman–Crippen MR) is 82.0 cm³/mol. The highest BCUT2D eigenvalue weighted by Crippen LogP contribution is 2.34. The van der Waals surface area contributed by atoms with Crippen molar-refractivity contribution in [2.75, 3.05) is 6.54 Å². The molecule has 2 saturated heterocycles. The van der Waals surface area contributed by atoms with Crippen LogP contribution in [0.3, 0.4) is 0 Å². The molecule has 3 atom stereocenters. The topological polar surface area (TPSA) is 58.6 Å². The number of nitrogens with zero attached hydrogens (tertiary/aromatic N) is 1. The minimum atomic E-state index is -0.321. The van der Waals surface area contributed by atoms with Gasteiger partial charge in [0.05, 0.1) is 18.0 Å². The molecule has 2 amide bonds. The van der Waals surface area contributed by atoms with Crippen molar-refractivity contribution in [2.45, 2.75) is 39.0 Å². The Morgan fingerprint density at radius 3 is 2.77 bits per heavy atom. The van der Waals surface area contributed by atoms with E-state index in [-0.39, 0.29) is 42.5 Å². The second kappa shape index (κ2) is 5.99. The average Bonchev–Trinajstić information content (AvgIpc) is 3.03. The molecule has 5 nitrogen and oxygen atoms in total. The molecule has 2 aliphatic heterocycles. The molecule has 0 aromatic heterocycles. The molecule has 1 N–H and O–H groups in total. The molecule has 3 rings (SSSR count). The van der Waals surface area contributed by atoms with Gasteiger partial charge in [-0.15, -0.1) is 0 Å². The molecule has 118 valence electrons. The van der Waals surface area contributed by atoms with Crippen LogP contribution in [0.5, 0.6) is 0 Å². The summed E-state index contributed by atoms with van der Waals surface area (Å²) >= 11 is 0. The number of likely N-dealkylation sites (tertiary alicyclic amines) is 1. The van der Waals surface area contributed by atoms with Gasteiger partial charge in [-0.3, -0.25) is 4.79 Å². The lowest BCUT2D eigenvalue weighted by Gasteiger charge is -2.28. The number of hydrogen-bond donors (Lipinski definition) is 1. The van der Waals surface area contributed by atoms with E-state index in [1.54, 1.807) is 4.90 Å². The zero-order valence-corrected chi connectivity index (χ0v) is 13.0. The molecule has 0 saturated carbocycles. The summed E-state index contributed by atoms with van der Waals surface area (Å²) < 4.78 is 5.43. The highest BCUT2D eigenvalue weighted by Gasteiger charge is 2.51. The zero-order chi connectivity index (χ0) is 15.7. The molecule has 0 unspecified atom stereocenters. The summed E-state index contributed by atoms with van der Waals surface area (Å²) in [7, 11) is 0. The van der Waals surface area contributed by atoms with Crippen molar-refractivity contribution < 1.29 is 14.3 Å². The van der Waals surface area contributed by atoms with Crippen molar-refractivity contribution in [3.63, 3.8) is 0 Å². The number of hydrogen-bond acceptors (Lipinski definition) is 3. The highest BCUT2D eigenvalue weighted by atomic mass is 16.6. The summed E-state index contributed by atoms with van der Waals surface area (Å²) in [6, 6.07) is 9.63. The van der Waals surface area contributed by atoms with E-state index in [2.05, 4.69) is 5.32 Å². The number of carbonyl (C=O) groups excluding carboxylic acids is 2. The van der Waals surface area contributed by atoms with Gasteiger partial charge in [0.2, 0.25) is 5.91 Å². The number of carbonyl (C=O) groups is 2. The van der Waals surface area contributed by atoms with Crippen LogP contribution in [0.15, 0.2) is 30.3 Å². The van der Waals surface area contributed by atoms with Gasteiger partial charge >= 0.3 is 6.09 Å². The molecule has 0 aliphatic carbocycles. The monoisotopic (exact) mass is 302 g/mol. The number of amides is 2. The third-order valence-corrected chi connectivity index (χ3v) is 4.61. The Balaban J connectivity index is 1.66. The third kappa shape index (κ3) is 2.67. The number of fused-ring (bicyclic) bond motifs is 1. The van der Waals surface area contributed by atoms with Crippen LogP contribution >= 0.6 is 0 Å². The van der Waals surface area contributed by atoms with E-state index in [1.807, 2.05) is 44.2 Å². The summed E-state index contributed by atoms with van der Waals surface area (Å²) in [4.78, 5) is 26.2. The van der Waals surface area contributed by atoms with Crippen LogP contribution in [0.2, 0.25) is 0 Å². The Bertz CT molecular complexity index is 558. The maximum atomic E-state index is 12.4. The Morgan fingerprint density at radius 2 is 2.09 bits per heavy atom. The number of nitrogens with one attached hydrogen (secondary N) is 1. The van der Waals surface area contributed by atoms with Gasteiger partial charge < -0.3 is 15.0 Å². The maximum Gasteiger partial charge on any atom is 0.410 e. The van der Waals surface area contributed by atoms with E-state index < -0.39 is 0 Å². The minimum Gasteiger partial charge on any atom is -0.445 e. The number of benzene rings is 1. The summed E-state index contributed by atoms with van der Waals surface area (Å²) in [5.41, 5.74) is 0.965. The Hall–Kier alpha value is -2.04. The molecule has 0 bridgehead atoms. The van der Waals surface area contributed by atoms with Crippen LogP contribution < -0.4 is 5.32 Å². The standard InChI is InChI=1S/C17H22N2O3/c1-11(2)14-15-13(18-16(14)20)8-9-19(15)17(21)22-10-12-6-4-3-5-7-12/h3-7,11,13-15H,8-10H2,1-2H3,(H,18,20)/t13-,14-,15-/m0/s1. The second-order valence-electron chi connectivity index (χ2n) is 6.40. The number of rotatable bonds is 3. The molecule has 1 aromatic rings. The van der Waals surface area contributed by atoms with Crippen molar-refractivity contribution in [3.8, 4) is 0 Å². The molecular formula is C17H22N2O3. The van der Waals surface area contributed by atoms with E-state index in [9.17, 15) is 9.59 Å². The van der Waals surface area contributed by atoms with E-state index in [4.69, 9.17) is 4.74 Å².